The average Bonchev–Trinajstić information content (AvgIpc) is 2.34. The lowest BCUT2D eigenvalue weighted by Gasteiger charge is -2.33. The van der Waals surface area contributed by atoms with Gasteiger partial charge in [-0.2, -0.15) is 4.57 Å². The Bertz CT molecular complexity index is 501. The summed E-state index contributed by atoms with van der Waals surface area (Å²) in [7, 11) is 4.42. The van der Waals surface area contributed by atoms with Crippen LogP contribution in [0.25, 0.3) is 0 Å². The molecule has 24 heavy (non-hydrogen) atoms. The summed E-state index contributed by atoms with van der Waals surface area (Å²) in [4.78, 5) is 4.84. The molecule has 0 saturated carbocycles. The molecule has 0 fully saturated rings. The summed E-state index contributed by atoms with van der Waals surface area (Å²) in [6.45, 7) is 22.4. The van der Waals surface area contributed by atoms with E-state index in [2.05, 4.69) is 109 Å². The lowest BCUT2D eigenvalue weighted by Crippen LogP contribution is -2.58. The Morgan fingerprint density at radius 2 is 1.04 bits per heavy atom. The second kappa shape index (κ2) is 7.13. The summed E-state index contributed by atoms with van der Waals surface area (Å²) in [5, 5.41) is 0. The third-order valence-corrected chi connectivity index (χ3v) is 4.91. The highest BCUT2D eigenvalue weighted by molar-refractivity contribution is 5.06. The van der Waals surface area contributed by atoms with Gasteiger partial charge in [0.2, 0.25) is 0 Å². The first-order valence-electron chi connectivity index (χ1n) is 9.10. The van der Waals surface area contributed by atoms with Crippen molar-refractivity contribution < 1.29 is 4.57 Å². The van der Waals surface area contributed by atoms with Crippen LogP contribution in [0.2, 0.25) is 0 Å². The van der Waals surface area contributed by atoms with Crippen molar-refractivity contribution in [3.63, 3.8) is 0 Å². The Morgan fingerprint density at radius 3 is 1.29 bits per heavy atom. The summed E-state index contributed by atoms with van der Waals surface area (Å²) >= 11 is 0. The van der Waals surface area contributed by atoms with Crippen molar-refractivity contribution in [2.75, 3.05) is 14.1 Å². The van der Waals surface area contributed by atoms with Crippen LogP contribution in [-0.2, 0) is 18.6 Å². The van der Waals surface area contributed by atoms with Crippen LogP contribution in [-0.4, -0.2) is 35.0 Å². The molecule has 0 aliphatic carbocycles. The maximum atomic E-state index is 2.53. The van der Waals surface area contributed by atoms with E-state index in [9.17, 15) is 0 Å². The van der Waals surface area contributed by atoms with Crippen LogP contribution in [0, 0.1) is 0 Å². The highest BCUT2D eigenvalue weighted by atomic mass is 15.2. The van der Waals surface area contributed by atoms with Crippen molar-refractivity contribution in [2.45, 2.75) is 92.0 Å². The van der Waals surface area contributed by atoms with Crippen LogP contribution in [0.4, 0.5) is 0 Å². The Kier molecular flexibility index (Phi) is 6.27. The molecule has 0 spiro atoms. The Morgan fingerprint density at radius 1 is 0.708 bits per heavy atom. The van der Waals surface area contributed by atoms with Crippen LogP contribution >= 0.6 is 0 Å². The smallest absolute Gasteiger partial charge is 0.196 e. The molecule has 0 amide bonds. The SMILES string of the molecule is CN(Cc1cccc(CN(C)C(C)(C)C)[n+]1C(C)(C)C)C(C)(C)C. The number of nitrogens with zero attached hydrogens (tertiary/aromatic N) is 3. The lowest BCUT2D eigenvalue weighted by atomic mass is 10.0. The molecule has 1 rings (SSSR count). The Labute approximate surface area is 150 Å². The number of aromatic nitrogens is 1. The lowest BCUT2D eigenvalue weighted by molar-refractivity contribution is -0.768. The van der Waals surface area contributed by atoms with Gasteiger partial charge in [-0.25, -0.2) is 0 Å². The van der Waals surface area contributed by atoms with Gasteiger partial charge in [0.1, 0.15) is 0 Å². The molecule has 0 aliphatic heterocycles. The van der Waals surface area contributed by atoms with Gasteiger partial charge in [0.25, 0.3) is 0 Å². The number of pyridine rings is 1. The zero-order valence-corrected chi connectivity index (χ0v) is 18.0. The van der Waals surface area contributed by atoms with Gasteiger partial charge in [-0.05, 0) is 61.7 Å². The second-order valence-electron chi connectivity index (χ2n) is 10.1. The number of hydrogen-bond acceptors (Lipinski definition) is 2. The largest absolute Gasteiger partial charge is 0.292 e. The molecule has 0 aromatic carbocycles. The van der Waals surface area contributed by atoms with Crippen molar-refractivity contribution in [2.24, 2.45) is 0 Å². The van der Waals surface area contributed by atoms with Crippen molar-refractivity contribution in [3.05, 3.63) is 29.6 Å². The van der Waals surface area contributed by atoms with Gasteiger partial charge in [-0.1, -0.05) is 0 Å². The van der Waals surface area contributed by atoms with Crippen LogP contribution in [0.1, 0.15) is 73.7 Å². The van der Waals surface area contributed by atoms with Gasteiger partial charge in [0, 0.05) is 44.0 Å². The molecular formula is C21H40N3+. The first-order chi connectivity index (χ1) is 10.6. The van der Waals surface area contributed by atoms with Crippen molar-refractivity contribution in [1.29, 1.82) is 0 Å². The summed E-state index contributed by atoms with van der Waals surface area (Å²) in [5.74, 6) is 0. The minimum Gasteiger partial charge on any atom is -0.292 e. The predicted octanol–water partition coefficient (Wildman–Crippen LogP) is 4.19. The zero-order valence-electron chi connectivity index (χ0n) is 18.0. The van der Waals surface area contributed by atoms with E-state index >= 15 is 0 Å². The second-order valence-corrected chi connectivity index (χ2v) is 10.1. The topological polar surface area (TPSA) is 10.4 Å². The Balaban J connectivity index is 3.30. The first-order valence-corrected chi connectivity index (χ1v) is 9.10. The molecule has 1 heterocycles. The maximum Gasteiger partial charge on any atom is 0.196 e. The first kappa shape index (κ1) is 21.1. The van der Waals surface area contributed by atoms with Gasteiger partial charge >= 0.3 is 0 Å². The van der Waals surface area contributed by atoms with E-state index < -0.39 is 0 Å². The van der Waals surface area contributed by atoms with E-state index in [0.29, 0.717) is 0 Å². The molecule has 3 heteroatoms. The minimum atomic E-state index is 0.0589. The fourth-order valence-corrected chi connectivity index (χ4v) is 2.67. The number of rotatable bonds is 4. The van der Waals surface area contributed by atoms with Crippen LogP contribution < -0.4 is 4.57 Å². The molecule has 0 unspecified atom stereocenters. The molecule has 0 radical (unpaired) electrons. The van der Waals surface area contributed by atoms with Crippen molar-refractivity contribution >= 4 is 0 Å². The Hall–Kier alpha value is -0.930. The predicted molar refractivity (Wildman–Crippen MR) is 104 cm³/mol. The molecule has 0 saturated heterocycles. The van der Waals surface area contributed by atoms with Gasteiger partial charge in [0.05, 0.1) is 13.1 Å². The molecule has 0 bridgehead atoms. The maximum absolute atomic E-state index is 2.53. The van der Waals surface area contributed by atoms with E-state index in [0.717, 1.165) is 13.1 Å². The third kappa shape index (κ3) is 5.56. The van der Waals surface area contributed by atoms with Gasteiger partial charge in [-0.3, -0.25) is 9.80 Å². The van der Waals surface area contributed by atoms with Crippen molar-refractivity contribution in [3.8, 4) is 0 Å². The molecule has 0 atom stereocenters. The highest BCUT2D eigenvalue weighted by Gasteiger charge is 2.32. The molecular weight excluding hydrogens is 294 g/mol. The van der Waals surface area contributed by atoms with Crippen LogP contribution in [0.5, 0.6) is 0 Å². The fourth-order valence-electron chi connectivity index (χ4n) is 2.67. The normalized spacial score (nSPS) is 13.9. The highest BCUT2D eigenvalue weighted by Crippen LogP contribution is 2.18. The van der Waals surface area contributed by atoms with Crippen LogP contribution in [0.15, 0.2) is 18.2 Å². The summed E-state index contributed by atoms with van der Waals surface area (Å²) in [6.07, 6.45) is 0. The monoisotopic (exact) mass is 334 g/mol. The molecule has 1 aromatic heterocycles. The minimum absolute atomic E-state index is 0.0589. The number of hydrogen-bond donors (Lipinski definition) is 0. The third-order valence-electron chi connectivity index (χ3n) is 4.91. The fraction of sp³-hybridized carbons (Fsp3) is 0.762. The van der Waals surface area contributed by atoms with Gasteiger partial charge in [0.15, 0.2) is 16.9 Å². The van der Waals surface area contributed by atoms with E-state index in [1.807, 2.05) is 0 Å². The van der Waals surface area contributed by atoms with E-state index in [1.54, 1.807) is 0 Å². The molecule has 138 valence electrons. The molecule has 3 nitrogen and oxygen atoms in total. The van der Waals surface area contributed by atoms with E-state index in [-0.39, 0.29) is 16.6 Å². The molecule has 1 aromatic rings. The average molecular weight is 335 g/mol. The van der Waals surface area contributed by atoms with E-state index in [4.69, 9.17) is 0 Å². The van der Waals surface area contributed by atoms with Gasteiger partial charge in [-0.15, -0.1) is 0 Å². The van der Waals surface area contributed by atoms with Gasteiger partial charge < -0.3 is 0 Å². The summed E-state index contributed by atoms with van der Waals surface area (Å²) in [5.41, 5.74) is 3.13. The zero-order chi connectivity index (χ0) is 18.9. The summed E-state index contributed by atoms with van der Waals surface area (Å²) < 4.78 is 2.53. The quantitative estimate of drug-likeness (QED) is 0.764. The molecule has 0 N–H and O–H groups in total. The van der Waals surface area contributed by atoms with E-state index in [1.165, 1.54) is 11.4 Å². The standard InChI is InChI=1S/C21H40N3/c1-19(2,3)22(10)15-17-13-12-14-18(24(17)21(7,8)9)16-23(11)20(4,5)6/h12-14H,15-16H2,1-11H3/q+1. The summed E-state index contributed by atoms with van der Waals surface area (Å²) in [6, 6.07) is 6.75. The van der Waals surface area contributed by atoms with Crippen molar-refractivity contribution in [1.82, 2.24) is 9.80 Å². The molecule has 0 aliphatic rings. The van der Waals surface area contributed by atoms with Crippen LogP contribution in [0.3, 0.4) is 0 Å².